The molecule has 1 aliphatic heterocycles. The number of nitrogens with zero attached hydrogens (tertiary/aromatic N) is 6. The van der Waals surface area contributed by atoms with Crippen LogP contribution in [0.4, 0.5) is 5.95 Å². The third kappa shape index (κ3) is 4.44. The SMILES string of the molecule is Cc1nc(NC(=O)c2ccc(C(=O)N3CCOCC3)nc2)nc(-c2ccccn2)n1. The highest BCUT2D eigenvalue weighted by Crippen LogP contribution is 2.14. The minimum Gasteiger partial charge on any atom is -0.378 e. The van der Waals surface area contributed by atoms with Gasteiger partial charge >= 0.3 is 0 Å². The number of ether oxygens (including phenoxy) is 1. The zero-order chi connectivity index (χ0) is 20.9. The average Bonchev–Trinajstić information content (AvgIpc) is 2.79. The fourth-order valence-electron chi connectivity index (χ4n) is 2.90. The van der Waals surface area contributed by atoms with E-state index in [0.29, 0.717) is 43.6 Å². The van der Waals surface area contributed by atoms with Crippen LogP contribution in [0.25, 0.3) is 11.5 Å². The summed E-state index contributed by atoms with van der Waals surface area (Å²) >= 11 is 0. The molecule has 0 atom stereocenters. The van der Waals surface area contributed by atoms with Crippen LogP contribution in [-0.4, -0.2) is 67.9 Å². The minimum absolute atomic E-state index is 0.113. The van der Waals surface area contributed by atoms with Crippen molar-refractivity contribution in [1.29, 1.82) is 0 Å². The molecule has 0 spiro atoms. The van der Waals surface area contributed by atoms with E-state index in [4.69, 9.17) is 4.74 Å². The van der Waals surface area contributed by atoms with Crippen LogP contribution in [0.3, 0.4) is 0 Å². The molecule has 0 bridgehead atoms. The molecular weight excluding hydrogens is 386 g/mol. The van der Waals surface area contributed by atoms with E-state index < -0.39 is 5.91 Å². The molecule has 4 rings (SSSR count). The van der Waals surface area contributed by atoms with Gasteiger partial charge in [0.25, 0.3) is 11.8 Å². The van der Waals surface area contributed by atoms with Crippen molar-refractivity contribution in [2.75, 3.05) is 31.6 Å². The molecule has 152 valence electrons. The number of aromatic nitrogens is 5. The Morgan fingerprint density at radius 3 is 2.57 bits per heavy atom. The van der Waals surface area contributed by atoms with Crippen LogP contribution in [0, 0.1) is 6.92 Å². The summed E-state index contributed by atoms with van der Waals surface area (Å²) in [5.41, 5.74) is 1.14. The topological polar surface area (TPSA) is 123 Å². The van der Waals surface area contributed by atoms with Crippen molar-refractivity contribution < 1.29 is 14.3 Å². The van der Waals surface area contributed by atoms with Crippen molar-refractivity contribution in [3.05, 3.63) is 59.8 Å². The number of hydrogen-bond acceptors (Lipinski definition) is 8. The molecule has 1 N–H and O–H groups in total. The predicted molar refractivity (Wildman–Crippen MR) is 107 cm³/mol. The Kier molecular flexibility index (Phi) is 5.66. The van der Waals surface area contributed by atoms with Gasteiger partial charge in [0, 0.05) is 25.5 Å². The summed E-state index contributed by atoms with van der Waals surface area (Å²) in [7, 11) is 0. The summed E-state index contributed by atoms with van der Waals surface area (Å²) in [5.74, 6) is 0.305. The summed E-state index contributed by atoms with van der Waals surface area (Å²) in [6.45, 7) is 3.79. The number of carbonyl (C=O) groups excluding carboxylic acids is 2. The number of morpholine rings is 1. The van der Waals surface area contributed by atoms with Gasteiger partial charge in [0.1, 0.15) is 17.2 Å². The second-order valence-electron chi connectivity index (χ2n) is 6.54. The van der Waals surface area contributed by atoms with Gasteiger partial charge in [-0.25, -0.2) is 4.98 Å². The van der Waals surface area contributed by atoms with Crippen LogP contribution in [-0.2, 0) is 4.74 Å². The molecule has 0 aliphatic carbocycles. The Morgan fingerprint density at radius 1 is 1.03 bits per heavy atom. The Bertz CT molecular complexity index is 1050. The number of pyridine rings is 2. The number of amides is 2. The lowest BCUT2D eigenvalue weighted by Gasteiger charge is -2.26. The lowest BCUT2D eigenvalue weighted by atomic mass is 10.2. The minimum atomic E-state index is -0.439. The van der Waals surface area contributed by atoms with Gasteiger partial charge in [-0.3, -0.25) is 24.9 Å². The summed E-state index contributed by atoms with van der Waals surface area (Å²) < 4.78 is 5.25. The normalized spacial score (nSPS) is 13.7. The molecule has 1 aliphatic rings. The van der Waals surface area contributed by atoms with Crippen LogP contribution in [0.15, 0.2) is 42.7 Å². The number of rotatable bonds is 4. The first-order valence-corrected chi connectivity index (χ1v) is 9.38. The summed E-state index contributed by atoms with van der Waals surface area (Å²) in [4.78, 5) is 47.8. The number of carbonyl (C=O) groups is 2. The third-order valence-corrected chi connectivity index (χ3v) is 4.41. The molecule has 30 heavy (non-hydrogen) atoms. The van der Waals surface area contributed by atoms with E-state index in [9.17, 15) is 9.59 Å². The second-order valence-corrected chi connectivity index (χ2v) is 6.54. The van der Waals surface area contributed by atoms with Crippen molar-refractivity contribution in [2.45, 2.75) is 6.92 Å². The lowest BCUT2D eigenvalue weighted by molar-refractivity contribution is 0.0299. The molecule has 2 amide bonds. The number of anilines is 1. The van der Waals surface area contributed by atoms with Gasteiger partial charge in [0.15, 0.2) is 5.82 Å². The number of aryl methyl sites for hydroxylation is 1. The largest absolute Gasteiger partial charge is 0.378 e. The fourth-order valence-corrected chi connectivity index (χ4v) is 2.90. The van der Waals surface area contributed by atoms with Crippen molar-refractivity contribution in [1.82, 2.24) is 29.8 Å². The van der Waals surface area contributed by atoms with Crippen LogP contribution >= 0.6 is 0 Å². The Morgan fingerprint density at radius 2 is 1.87 bits per heavy atom. The Balaban J connectivity index is 1.47. The van der Waals surface area contributed by atoms with Gasteiger partial charge in [-0.15, -0.1) is 0 Å². The third-order valence-electron chi connectivity index (χ3n) is 4.41. The lowest BCUT2D eigenvalue weighted by Crippen LogP contribution is -2.41. The first kappa shape index (κ1) is 19.5. The van der Waals surface area contributed by atoms with E-state index in [2.05, 4.69) is 30.2 Å². The zero-order valence-electron chi connectivity index (χ0n) is 16.3. The van der Waals surface area contributed by atoms with Crippen LogP contribution < -0.4 is 5.32 Å². The van der Waals surface area contributed by atoms with Gasteiger partial charge in [-0.05, 0) is 31.2 Å². The maximum atomic E-state index is 12.6. The van der Waals surface area contributed by atoms with Gasteiger partial charge in [-0.1, -0.05) is 6.07 Å². The molecule has 1 saturated heterocycles. The van der Waals surface area contributed by atoms with Gasteiger partial charge in [-0.2, -0.15) is 9.97 Å². The van der Waals surface area contributed by atoms with E-state index in [0.717, 1.165) is 0 Å². The molecular formula is C20H19N7O3. The maximum absolute atomic E-state index is 12.6. The maximum Gasteiger partial charge on any atom is 0.272 e. The van der Waals surface area contributed by atoms with Crippen LogP contribution in [0.1, 0.15) is 26.7 Å². The smallest absolute Gasteiger partial charge is 0.272 e. The molecule has 0 saturated carbocycles. The highest BCUT2D eigenvalue weighted by molar-refractivity contribution is 6.03. The molecule has 10 heteroatoms. The molecule has 0 radical (unpaired) electrons. The summed E-state index contributed by atoms with van der Waals surface area (Å²) in [6.07, 6.45) is 2.99. The number of nitrogens with one attached hydrogen (secondary N) is 1. The van der Waals surface area contributed by atoms with Crippen molar-refractivity contribution >= 4 is 17.8 Å². The Labute approximate surface area is 172 Å². The van der Waals surface area contributed by atoms with E-state index in [1.807, 2.05) is 6.07 Å². The number of hydrogen-bond donors (Lipinski definition) is 1. The average molecular weight is 405 g/mol. The highest BCUT2D eigenvalue weighted by Gasteiger charge is 2.20. The molecule has 0 unspecified atom stereocenters. The van der Waals surface area contributed by atoms with E-state index in [1.165, 1.54) is 12.3 Å². The molecule has 1 fully saturated rings. The van der Waals surface area contributed by atoms with E-state index in [-0.39, 0.29) is 23.1 Å². The van der Waals surface area contributed by atoms with Gasteiger partial charge < -0.3 is 9.64 Å². The predicted octanol–water partition coefficient (Wildman–Crippen LogP) is 1.36. The Hall–Kier alpha value is -3.79. The summed E-state index contributed by atoms with van der Waals surface area (Å²) in [5, 5.41) is 2.64. The first-order chi connectivity index (χ1) is 14.6. The van der Waals surface area contributed by atoms with Crippen LogP contribution in [0.5, 0.6) is 0 Å². The second kappa shape index (κ2) is 8.70. The zero-order valence-corrected chi connectivity index (χ0v) is 16.3. The molecule has 10 nitrogen and oxygen atoms in total. The van der Waals surface area contributed by atoms with Crippen molar-refractivity contribution in [3.8, 4) is 11.5 Å². The first-order valence-electron chi connectivity index (χ1n) is 9.38. The molecule has 0 aromatic carbocycles. The van der Waals surface area contributed by atoms with Gasteiger partial charge in [0.2, 0.25) is 5.95 Å². The monoisotopic (exact) mass is 405 g/mol. The quantitative estimate of drug-likeness (QED) is 0.690. The van der Waals surface area contributed by atoms with Crippen molar-refractivity contribution in [2.24, 2.45) is 0 Å². The van der Waals surface area contributed by atoms with Gasteiger partial charge in [0.05, 0.1) is 18.8 Å². The van der Waals surface area contributed by atoms with Crippen LogP contribution in [0.2, 0.25) is 0 Å². The van der Waals surface area contributed by atoms with E-state index in [1.54, 1.807) is 36.2 Å². The molecule has 3 aromatic heterocycles. The molecule has 3 aromatic rings. The standard InChI is InChI=1S/C20H19N7O3/c1-13-23-17(15-4-2-3-7-21-15)25-20(24-13)26-18(28)14-5-6-16(22-12-14)19(29)27-8-10-30-11-9-27/h2-7,12H,8-11H2,1H3,(H,23,24,25,26,28). The fraction of sp³-hybridized carbons (Fsp3) is 0.250. The van der Waals surface area contributed by atoms with Crippen molar-refractivity contribution in [3.63, 3.8) is 0 Å². The molecule has 4 heterocycles. The summed E-state index contributed by atoms with van der Waals surface area (Å²) in [6, 6.07) is 8.47. The van der Waals surface area contributed by atoms with E-state index >= 15 is 0 Å². The highest BCUT2D eigenvalue weighted by atomic mass is 16.5.